The van der Waals surface area contributed by atoms with Gasteiger partial charge in [-0.2, -0.15) is 5.10 Å². The van der Waals surface area contributed by atoms with E-state index in [0.717, 1.165) is 36.2 Å². The van der Waals surface area contributed by atoms with Gasteiger partial charge in [-0.3, -0.25) is 4.79 Å². The van der Waals surface area contributed by atoms with Gasteiger partial charge in [-0.1, -0.05) is 0 Å². The van der Waals surface area contributed by atoms with Crippen molar-refractivity contribution in [3.05, 3.63) is 65.4 Å². The zero-order valence-electron chi connectivity index (χ0n) is 14.2. The Morgan fingerprint density at radius 2 is 2.12 bits per heavy atom. The lowest BCUT2D eigenvalue weighted by Gasteiger charge is -2.23. The summed E-state index contributed by atoms with van der Waals surface area (Å²) in [5.41, 5.74) is 2.81. The molecule has 0 radical (unpaired) electrons. The van der Waals surface area contributed by atoms with Crippen molar-refractivity contribution in [1.29, 1.82) is 0 Å². The summed E-state index contributed by atoms with van der Waals surface area (Å²) in [4.78, 5) is 12.4. The van der Waals surface area contributed by atoms with Crippen LogP contribution in [0.2, 0.25) is 0 Å². The summed E-state index contributed by atoms with van der Waals surface area (Å²) in [5.74, 6) is -0.0713. The highest BCUT2D eigenvalue weighted by Gasteiger charge is 2.27. The first-order chi connectivity index (χ1) is 12.7. The van der Waals surface area contributed by atoms with E-state index in [0.29, 0.717) is 5.95 Å². The number of amides is 1. The first kappa shape index (κ1) is 16.4. The van der Waals surface area contributed by atoms with Gasteiger partial charge in [-0.05, 0) is 49.6 Å². The summed E-state index contributed by atoms with van der Waals surface area (Å²) >= 11 is 0. The predicted molar refractivity (Wildman–Crippen MR) is 91.9 cm³/mol. The van der Waals surface area contributed by atoms with Gasteiger partial charge in [-0.25, -0.2) is 9.07 Å². The van der Waals surface area contributed by atoms with Gasteiger partial charge in [0.05, 0.1) is 25.0 Å². The SMILES string of the molecule is COc1ccc(C(=O)N[C@@H]2CCCc3c2cnn3-c2ccc(F)cc2)o1. The van der Waals surface area contributed by atoms with Crippen molar-refractivity contribution < 1.29 is 18.3 Å². The minimum atomic E-state index is -0.291. The predicted octanol–water partition coefficient (Wildman–Crippen LogP) is 3.42. The Morgan fingerprint density at radius 3 is 2.85 bits per heavy atom. The third-order valence-electron chi connectivity index (χ3n) is 4.57. The average Bonchev–Trinajstić information content (AvgIpc) is 3.30. The van der Waals surface area contributed by atoms with Crippen LogP contribution < -0.4 is 10.1 Å². The van der Waals surface area contributed by atoms with Crippen LogP contribution in [0.4, 0.5) is 4.39 Å². The van der Waals surface area contributed by atoms with Crippen LogP contribution in [0.25, 0.3) is 5.69 Å². The normalized spacial score (nSPS) is 16.2. The average molecular weight is 355 g/mol. The van der Waals surface area contributed by atoms with E-state index in [1.807, 2.05) is 4.68 Å². The second-order valence-corrected chi connectivity index (χ2v) is 6.18. The van der Waals surface area contributed by atoms with Crippen LogP contribution in [0.5, 0.6) is 5.95 Å². The molecule has 1 atom stereocenters. The molecule has 0 unspecified atom stereocenters. The van der Waals surface area contributed by atoms with Crippen LogP contribution >= 0.6 is 0 Å². The largest absolute Gasteiger partial charge is 0.468 e. The lowest BCUT2D eigenvalue weighted by atomic mass is 9.92. The van der Waals surface area contributed by atoms with E-state index in [4.69, 9.17) is 9.15 Å². The van der Waals surface area contributed by atoms with Crippen molar-refractivity contribution >= 4 is 5.91 Å². The molecule has 1 aromatic carbocycles. The number of halogens is 1. The van der Waals surface area contributed by atoms with Crippen molar-refractivity contribution in [3.63, 3.8) is 0 Å². The van der Waals surface area contributed by atoms with Crippen LogP contribution in [0.3, 0.4) is 0 Å². The number of nitrogens with one attached hydrogen (secondary N) is 1. The Kier molecular flexibility index (Phi) is 4.20. The summed E-state index contributed by atoms with van der Waals surface area (Å²) in [7, 11) is 1.48. The van der Waals surface area contributed by atoms with Crippen molar-refractivity contribution in [1.82, 2.24) is 15.1 Å². The van der Waals surface area contributed by atoms with E-state index in [9.17, 15) is 9.18 Å². The van der Waals surface area contributed by atoms with Gasteiger partial charge >= 0.3 is 0 Å². The summed E-state index contributed by atoms with van der Waals surface area (Å²) in [6.45, 7) is 0. The number of fused-ring (bicyclic) bond motifs is 1. The maximum absolute atomic E-state index is 13.2. The molecule has 0 fully saturated rings. The highest BCUT2D eigenvalue weighted by Crippen LogP contribution is 2.31. The Hall–Kier alpha value is -3.09. The molecule has 1 amide bonds. The Morgan fingerprint density at radius 1 is 1.31 bits per heavy atom. The van der Waals surface area contributed by atoms with E-state index in [2.05, 4.69) is 10.4 Å². The molecule has 2 heterocycles. The number of hydrogen-bond acceptors (Lipinski definition) is 4. The number of carbonyl (C=O) groups excluding carboxylic acids is 1. The zero-order chi connectivity index (χ0) is 18.1. The molecule has 1 N–H and O–H groups in total. The fourth-order valence-electron chi connectivity index (χ4n) is 3.29. The molecule has 1 aliphatic rings. The smallest absolute Gasteiger partial charge is 0.287 e. The fraction of sp³-hybridized carbons (Fsp3) is 0.263. The van der Waals surface area contributed by atoms with Crippen molar-refractivity contribution in [2.45, 2.75) is 25.3 Å². The number of rotatable bonds is 4. The molecule has 26 heavy (non-hydrogen) atoms. The summed E-state index contributed by atoms with van der Waals surface area (Å²) < 4.78 is 25.3. The van der Waals surface area contributed by atoms with Gasteiger partial charge in [0.1, 0.15) is 5.82 Å². The fourth-order valence-corrected chi connectivity index (χ4v) is 3.29. The number of ether oxygens (including phenoxy) is 1. The maximum atomic E-state index is 13.2. The number of aromatic nitrogens is 2. The Balaban J connectivity index is 1.58. The standard InChI is InChI=1S/C19H18FN3O3/c1-25-18-10-9-17(26-18)19(24)22-15-3-2-4-16-14(15)11-21-23(16)13-7-5-12(20)6-8-13/h5-11,15H,2-4H2,1H3,(H,22,24)/t15-/m1/s1. The summed E-state index contributed by atoms with van der Waals surface area (Å²) in [6.07, 6.45) is 4.37. The zero-order valence-corrected chi connectivity index (χ0v) is 14.2. The lowest BCUT2D eigenvalue weighted by molar-refractivity contribution is 0.0898. The third kappa shape index (κ3) is 2.96. The van der Waals surface area contributed by atoms with Crippen LogP contribution in [0.1, 0.15) is 40.7 Å². The van der Waals surface area contributed by atoms with Crippen LogP contribution in [-0.2, 0) is 6.42 Å². The number of nitrogens with zero attached hydrogens (tertiary/aromatic N) is 2. The van der Waals surface area contributed by atoms with Gasteiger partial charge in [0.25, 0.3) is 11.9 Å². The molecule has 7 heteroatoms. The van der Waals surface area contributed by atoms with E-state index in [1.54, 1.807) is 30.5 Å². The molecule has 6 nitrogen and oxygen atoms in total. The Bertz CT molecular complexity index is 930. The first-order valence-electron chi connectivity index (χ1n) is 8.43. The highest BCUT2D eigenvalue weighted by atomic mass is 19.1. The second-order valence-electron chi connectivity index (χ2n) is 6.18. The number of carbonyl (C=O) groups is 1. The Labute approximate surface area is 149 Å². The van der Waals surface area contributed by atoms with Gasteiger partial charge in [0, 0.05) is 17.3 Å². The van der Waals surface area contributed by atoms with E-state index >= 15 is 0 Å². The summed E-state index contributed by atoms with van der Waals surface area (Å²) in [5, 5.41) is 7.45. The minimum Gasteiger partial charge on any atom is -0.468 e. The van der Waals surface area contributed by atoms with E-state index in [-0.39, 0.29) is 23.5 Å². The number of furan rings is 1. The summed E-state index contributed by atoms with van der Waals surface area (Å²) in [6, 6.07) is 9.26. The van der Waals surface area contributed by atoms with Crippen molar-refractivity contribution in [2.24, 2.45) is 0 Å². The minimum absolute atomic E-state index is 0.142. The van der Waals surface area contributed by atoms with Gasteiger partial charge < -0.3 is 14.5 Å². The quantitative estimate of drug-likeness (QED) is 0.779. The van der Waals surface area contributed by atoms with Crippen LogP contribution in [0.15, 0.2) is 47.0 Å². The molecule has 3 aromatic rings. The first-order valence-corrected chi connectivity index (χ1v) is 8.43. The number of benzene rings is 1. The molecule has 2 aromatic heterocycles. The third-order valence-corrected chi connectivity index (χ3v) is 4.57. The molecule has 0 aliphatic heterocycles. The lowest BCUT2D eigenvalue weighted by Crippen LogP contribution is -2.30. The van der Waals surface area contributed by atoms with Crippen molar-refractivity contribution in [2.75, 3.05) is 7.11 Å². The van der Waals surface area contributed by atoms with E-state index in [1.165, 1.54) is 19.2 Å². The van der Waals surface area contributed by atoms with E-state index < -0.39 is 0 Å². The van der Waals surface area contributed by atoms with Crippen LogP contribution in [-0.4, -0.2) is 22.8 Å². The molecule has 0 spiro atoms. The molecule has 0 bridgehead atoms. The second kappa shape index (κ2) is 6.67. The highest BCUT2D eigenvalue weighted by molar-refractivity contribution is 5.91. The molecular formula is C19H18FN3O3. The molecule has 4 rings (SSSR count). The molecule has 0 saturated carbocycles. The van der Waals surface area contributed by atoms with Gasteiger partial charge in [0.2, 0.25) is 0 Å². The molecule has 0 saturated heterocycles. The molecule has 1 aliphatic carbocycles. The van der Waals surface area contributed by atoms with Crippen LogP contribution in [0, 0.1) is 5.82 Å². The maximum Gasteiger partial charge on any atom is 0.287 e. The van der Waals surface area contributed by atoms with Gasteiger partial charge in [0.15, 0.2) is 5.76 Å². The number of hydrogen-bond donors (Lipinski definition) is 1. The number of methoxy groups -OCH3 is 1. The topological polar surface area (TPSA) is 69.3 Å². The van der Waals surface area contributed by atoms with Gasteiger partial charge in [-0.15, -0.1) is 0 Å². The molecular weight excluding hydrogens is 337 g/mol. The molecule has 134 valence electrons. The van der Waals surface area contributed by atoms with Crippen molar-refractivity contribution in [3.8, 4) is 11.6 Å². The monoisotopic (exact) mass is 355 g/mol.